The van der Waals surface area contributed by atoms with E-state index in [0.717, 1.165) is 28.6 Å². The number of ether oxygens (including phenoxy) is 1. The zero-order valence-corrected chi connectivity index (χ0v) is 10.1. The second-order valence-corrected chi connectivity index (χ2v) is 4.46. The van der Waals surface area contributed by atoms with Crippen molar-refractivity contribution in [3.05, 3.63) is 28.0 Å². The predicted molar refractivity (Wildman–Crippen MR) is 59.6 cm³/mol. The van der Waals surface area contributed by atoms with Crippen LogP contribution in [0, 0.1) is 0 Å². The molecule has 2 rings (SSSR count). The van der Waals surface area contributed by atoms with Crippen LogP contribution in [0.5, 0.6) is 0 Å². The summed E-state index contributed by atoms with van der Waals surface area (Å²) in [5.74, 6) is -0.306. The second-order valence-electron chi connectivity index (χ2n) is 3.54. The van der Waals surface area contributed by atoms with E-state index >= 15 is 0 Å². The summed E-state index contributed by atoms with van der Waals surface area (Å²) in [4.78, 5) is 15.9. The molecule has 0 fully saturated rings. The number of aromatic nitrogens is 1. The first-order valence-corrected chi connectivity index (χ1v) is 5.82. The highest BCUT2D eigenvalue weighted by Crippen LogP contribution is 2.33. The molecule has 0 N–H and O–H groups in total. The number of carbonyl (C=O) groups excluding carboxylic acids is 1. The maximum Gasteiger partial charge on any atom is 0.315 e. The van der Waals surface area contributed by atoms with Gasteiger partial charge in [0.15, 0.2) is 0 Å². The molecule has 0 saturated carbocycles. The first-order chi connectivity index (χ1) is 7.22. The topological polar surface area (TPSA) is 39.2 Å². The van der Waals surface area contributed by atoms with Crippen molar-refractivity contribution < 1.29 is 9.53 Å². The molecule has 1 aliphatic rings. The smallest absolute Gasteiger partial charge is 0.315 e. The molecule has 0 radical (unpaired) electrons. The number of rotatable bonds is 2. The molecule has 0 unspecified atom stereocenters. The van der Waals surface area contributed by atoms with Crippen molar-refractivity contribution >= 4 is 21.9 Å². The number of carbonyl (C=O) groups is 1. The van der Waals surface area contributed by atoms with Crippen molar-refractivity contribution in [2.24, 2.45) is 0 Å². The molecule has 0 aliphatic heterocycles. The fourth-order valence-corrected chi connectivity index (χ4v) is 2.29. The Balaban J connectivity index is 2.25. The Hall–Kier alpha value is -0.900. The maximum absolute atomic E-state index is 11.6. The van der Waals surface area contributed by atoms with Crippen LogP contribution >= 0.6 is 15.9 Å². The van der Waals surface area contributed by atoms with E-state index in [1.54, 1.807) is 6.20 Å². The number of fused-ring (bicyclic) bond motifs is 1. The molecule has 1 aromatic heterocycles. The Labute approximate surface area is 97.0 Å². The molecule has 0 saturated heterocycles. The van der Waals surface area contributed by atoms with Gasteiger partial charge in [-0.25, -0.2) is 0 Å². The molecular weight excluding hydrogens is 258 g/mol. The van der Waals surface area contributed by atoms with Crippen LogP contribution in [0.2, 0.25) is 0 Å². The van der Waals surface area contributed by atoms with Gasteiger partial charge in [-0.15, -0.1) is 0 Å². The van der Waals surface area contributed by atoms with Crippen LogP contribution in [0.15, 0.2) is 16.7 Å². The van der Waals surface area contributed by atoms with E-state index in [1.165, 1.54) is 0 Å². The average Bonchev–Trinajstić information content (AvgIpc) is 2.60. The van der Waals surface area contributed by atoms with Gasteiger partial charge in [0.25, 0.3) is 0 Å². The molecule has 0 spiro atoms. The van der Waals surface area contributed by atoms with E-state index in [9.17, 15) is 4.79 Å². The van der Waals surface area contributed by atoms with E-state index in [0.29, 0.717) is 6.61 Å². The van der Waals surface area contributed by atoms with E-state index in [1.807, 2.05) is 13.0 Å². The van der Waals surface area contributed by atoms with Crippen LogP contribution in [0.4, 0.5) is 0 Å². The lowest BCUT2D eigenvalue weighted by Gasteiger charge is -2.09. The number of nitrogens with zero attached hydrogens (tertiary/aromatic N) is 1. The van der Waals surface area contributed by atoms with Gasteiger partial charge < -0.3 is 4.74 Å². The van der Waals surface area contributed by atoms with Crippen LogP contribution in [0.1, 0.15) is 30.5 Å². The molecule has 3 nitrogen and oxygen atoms in total. The summed E-state index contributed by atoms with van der Waals surface area (Å²) in [6, 6.07) is 2.03. The van der Waals surface area contributed by atoms with Gasteiger partial charge in [-0.1, -0.05) is 0 Å². The summed E-state index contributed by atoms with van der Waals surface area (Å²) in [6.07, 6.45) is 3.46. The highest BCUT2D eigenvalue weighted by Gasteiger charge is 2.31. The minimum Gasteiger partial charge on any atom is -0.465 e. The number of aryl methyl sites for hydroxylation is 1. The summed E-state index contributed by atoms with van der Waals surface area (Å²) in [6.45, 7) is 2.25. The van der Waals surface area contributed by atoms with Crippen molar-refractivity contribution in [3.63, 3.8) is 0 Å². The molecule has 0 amide bonds. The number of hydrogen-bond acceptors (Lipinski definition) is 3. The standard InChI is InChI=1S/C11H12BrNO2/c1-2-15-11(14)9-4-3-7-5-8(12)6-13-10(7)9/h5-6,9H,2-4H2,1H3/t9-/m1/s1. The summed E-state index contributed by atoms with van der Waals surface area (Å²) in [5, 5.41) is 0. The number of pyridine rings is 1. The summed E-state index contributed by atoms with van der Waals surface area (Å²) >= 11 is 3.37. The molecule has 0 bridgehead atoms. The minimum absolute atomic E-state index is 0.147. The van der Waals surface area contributed by atoms with Crippen molar-refractivity contribution in [2.45, 2.75) is 25.7 Å². The van der Waals surface area contributed by atoms with Crippen molar-refractivity contribution in [1.29, 1.82) is 0 Å². The normalized spacial score (nSPS) is 18.7. The molecule has 15 heavy (non-hydrogen) atoms. The number of halogens is 1. The third kappa shape index (κ3) is 2.04. The van der Waals surface area contributed by atoms with Gasteiger partial charge in [-0.05, 0) is 47.3 Å². The van der Waals surface area contributed by atoms with Crippen LogP contribution < -0.4 is 0 Å². The fourth-order valence-electron chi connectivity index (χ4n) is 1.91. The first kappa shape index (κ1) is 10.6. The van der Waals surface area contributed by atoms with Crippen molar-refractivity contribution in [3.8, 4) is 0 Å². The van der Waals surface area contributed by atoms with E-state index in [2.05, 4.69) is 20.9 Å². The van der Waals surface area contributed by atoms with Gasteiger partial charge in [-0.2, -0.15) is 0 Å². The van der Waals surface area contributed by atoms with Crippen LogP contribution in [-0.4, -0.2) is 17.6 Å². The fraction of sp³-hybridized carbons (Fsp3) is 0.455. The molecule has 80 valence electrons. The molecule has 4 heteroatoms. The summed E-state index contributed by atoms with van der Waals surface area (Å²) < 4.78 is 5.99. The first-order valence-electron chi connectivity index (χ1n) is 5.03. The van der Waals surface area contributed by atoms with Gasteiger partial charge in [0.1, 0.15) is 0 Å². The Morgan fingerprint density at radius 1 is 1.73 bits per heavy atom. The second kappa shape index (κ2) is 4.31. The lowest BCUT2D eigenvalue weighted by atomic mass is 10.1. The zero-order chi connectivity index (χ0) is 10.8. The highest BCUT2D eigenvalue weighted by atomic mass is 79.9. The Kier molecular flexibility index (Phi) is 3.05. The van der Waals surface area contributed by atoms with Crippen LogP contribution in [0.3, 0.4) is 0 Å². The van der Waals surface area contributed by atoms with Gasteiger partial charge in [0, 0.05) is 10.7 Å². The Morgan fingerprint density at radius 3 is 3.27 bits per heavy atom. The van der Waals surface area contributed by atoms with Crippen LogP contribution in [-0.2, 0) is 16.0 Å². The van der Waals surface area contributed by atoms with Gasteiger partial charge in [0.05, 0.1) is 18.2 Å². The summed E-state index contributed by atoms with van der Waals surface area (Å²) in [7, 11) is 0. The zero-order valence-electron chi connectivity index (χ0n) is 8.50. The average molecular weight is 270 g/mol. The predicted octanol–water partition coefficient (Wildman–Crippen LogP) is 2.44. The maximum atomic E-state index is 11.6. The third-order valence-electron chi connectivity index (χ3n) is 2.57. The lowest BCUT2D eigenvalue weighted by Crippen LogP contribution is -2.14. The third-order valence-corrected chi connectivity index (χ3v) is 3.01. The Morgan fingerprint density at radius 2 is 2.53 bits per heavy atom. The van der Waals surface area contributed by atoms with E-state index < -0.39 is 0 Å². The van der Waals surface area contributed by atoms with E-state index in [-0.39, 0.29) is 11.9 Å². The van der Waals surface area contributed by atoms with Crippen LogP contribution in [0.25, 0.3) is 0 Å². The number of esters is 1. The largest absolute Gasteiger partial charge is 0.465 e. The van der Waals surface area contributed by atoms with Gasteiger partial charge in [0.2, 0.25) is 0 Å². The highest BCUT2D eigenvalue weighted by molar-refractivity contribution is 9.10. The SMILES string of the molecule is CCOC(=O)[C@@H]1CCc2cc(Br)cnc21. The molecule has 1 aliphatic carbocycles. The van der Waals surface area contributed by atoms with Gasteiger partial charge >= 0.3 is 5.97 Å². The molecule has 1 heterocycles. The quantitative estimate of drug-likeness (QED) is 0.775. The van der Waals surface area contributed by atoms with Gasteiger partial charge in [-0.3, -0.25) is 9.78 Å². The Bertz CT molecular complexity index is 392. The molecule has 0 aromatic carbocycles. The number of hydrogen-bond donors (Lipinski definition) is 0. The van der Waals surface area contributed by atoms with Crippen molar-refractivity contribution in [1.82, 2.24) is 4.98 Å². The molecule has 1 aromatic rings. The molecular formula is C11H12BrNO2. The van der Waals surface area contributed by atoms with E-state index in [4.69, 9.17) is 4.74 Å². The van der Waals surface area contributed by atoms with Crippen molar-refractivity contribution in [2.75, 3.05) is 6.61 Å². The lowest BCUT2D eigenvalue weighted by molar-refractivity contribution is -0.145. The summed E-state index contributed by atoms with van der Waals surface area (Å²) in [5.41, 5.74) is 2.04. The molecule has 1 atom stereocenters. The minimum atomic E-state index is -0.159. The monoisotopic (exact) mass is 269 g/mol.